The normalized spacial score (nSPS) is 16.6. The van der Waals surface area contributed by atoms with Crippen molar-refractivity contribution in [2.75, 3.05) is 18.0 Å². The highest BCUT2D eigenvalue weighted by Gasteiger charge is 2.25. The summed E-state index contributed by atoms with van der Waals surface area (Å²) in [6.45, 7) is 4.15. The van der Waals surface area contributed by atoms with Gasteiger partial charge in [0.15, 0.2) is 0 Å². The summed E-state index contributed by atoms with van der Waals surface area (Å²) in [4.78, 5) is 39.9. The van der Waals surface area contributed by atoms with Gasteiger partial charge < -0.3 is 10.2 Å². The van der Waals surface area contributed by atoms with E-state index in [1.807, 2.05) is 13.0 Å². The molecule has 0 unspecified atom stereocenters. The van der Waals surface area contributed by atoms with Gasteiger partial charge in [0.25, 0.3) is 5.56 Å². The number of aryl methyl sites for hydroxylation is 1. The summed E-state index contributed by atoms with van der Waals surface area (Å²) in [5, 5.41) is 2.83. The average Bonchev–Trinajstić information content (AvgIpc) is 3.35. The molecule has 1 N–H and O–H groups in total. The zero-order chi connectivity index (χ0) is 18.8. The first-order valence-electron chi connectivity index (χ1n) is 9.51. The van der Waals surface area contributed by atoms with Gasteiger partial charge in [0.1, 0.15) is 6.54 Å². The van der Waals surface area contributed by atoms with Crippen LogP contribution in [0, 0.1) is 6.92 Å². The SMILES string of the molecule is Cc1cc(CNC(=O)Cn2cnc(C3CC3)cc2=O)nc(N2CCCC2)n1. The Bertz CT molecular complexity index is 899. The molecule has 1 aliphatic carbocycles. The van der Waals surface area contributed by atoms with Crippen LogP contribution in [0.5, 0.6) is 0 Å². The third kappa shape index (κ3) is 4.32. The van der Waals surface area contributed by atoms with Crippen molar-refractivity contribution in [2.24, 2.45) is 0 Å². The molecule has 0 spiro atoms. The molecule has 1 aliphatic heterocycles. The van der Waals surface area contributed by atoms with E-state index < -0.39 is 0 Å². The maximum absolute atomic E-state index is 12.2. The Balaban J connectivity index is 1.37. The zero-order valence-electron chi connectivity index (χ0n) is 15.5. The van der Waals surface area contributed by atoms with Crippen LogP contribution in [0.4, 0.5) is 5.95 Å². The molecule has 2 aromatic rings. The summed E-state index contributed by atoms with van der Waals surface area (Å²) in [5.74, 6) is 0.914. The molecule has 0 aromatic carbocycles. The minimum Gasteiger partial charge on any atom is -0.349 e. The van der Waals surface area contributed by atoms with Gasteiger partial charge in [0.2, 0.25) is 11.9 Å². The number of nitrogens with zero attached hydrogens (tertiary/aromatic N) is 5. The standard InChI is InChI=1S/C19H24N6O2/c1-13-8-15(23-19(22-13)24-6-2-3-7-24)10-20-17(26)11-25-12-21-16(9-18(25)27)14-4-5-14/h8-9,12,14H,2-7,10-11H2,1H3,(H,20,26). The summed E-state index contributed by atoms with van der Waals surface area (Å²) < 4.78 is 1.34. The quantitative estimate of drug-likeness (QED) is 0.822. The Morgan fingerprint density at radius 2 is 2.00 bits per heavy atom. The van der Waals surface area contributed by atoms with Gasteiger partial charge in [-0.25, -0.2) is 15.0 Å². The summed E-state index contributed by atoms with van der Waals surface area (Å²) >= 11 is 0. The second-order valence-corrected chi connectivity index (χ2v) is 7.33. The number of aromatic nitrogens is 4. The third-order valence-electron chi connectivity index (χ3n) is 4.96. The van der Waals surface area contributed by atoms with Crippen molar-refractivity contribution in [1.82, 2.24) is 24.8 Å². The average molecular weight is 368 g/mol. The molecule has 3 heterocycles. The second-order valence-electron chi connectivity index (χ2n) is 7.33. The van der Waals surface area contributed by atoms with Gasteiger partial charge >= 0.3 is 0 Å². The third-order valence-corrected chi connectivity index (χ3v) is 4.96. The Morgan fingerprint density at radius 1 is 1.22 bits per heavy atom. The molecule has 8 nitrogen and oxygen atoms in total. The van der Waals surface area contributed by atoms with Crippen LogP contribution in [0.1, 0.15) is 48.7 Å². The molecule has 0 atom stereocenters. The molecule has 2 fully saturated rings. The lowest BCUT2D eigenvalue weighted by Crippen LogP contribution is -2.32. The van der Waals surface area contributed by atoms with E-state index in [4.69, 9.17) is 0 Å². The van der Waals surface area contributed by atoms with Crippen LogP contribution in [-0.4, -0.2) is 38.5 Å². The van der Waals surface area contributed by atoms with Crippen LogP contribution >= 0.6 is 0 Å². The van der Waals surface area contributed by atoms with E-state index in [1.54, 1.807) is 6.07 Å². The molecule has 4 rings (SSSR count). The molecule has 2 aromatic heterocycles. The first-order valence-corrected chi connectivity index (χ1v) is 9.51. The number of carbonyl (C=O) groups excluding carboxylic acids is 1. The Labute approximate surface area is 157 Å². The van der Waals surface area contributed by atoms with Crippen molar-refractivity contribution >= 4 is 11.9 Å². The van der Waals surface area contributed by atoms with Crippen molar-refractivity contribution in [3.05, 3.63) is 45.9 Å². The predicted molar refractivity (Wildman–Crippen MR) is 101 cm³/mol. The number of nitrogens with one attached hydrogen (secondary N) is 1. The lowest BCUT2D eigenvalue weighted by Gasteiger charge is -2.16. The fraction of sp³-hybridized carbons (Fsp3) is 0.526. The van der Waals surface area contributed by atoms with Gasteiger partial charge in [-0.3, -0.25) is 14.2 Å². The van der Waals surface area contributed by atoms with Gasteiger partial charge in [-0.1, -0.05) is 0 Å². The van der Waals surface area contributed by atoms with Crippen LogP contribution in [0.3, 0.4) is 0 Å². The summed E-state index contributed by atoms with van der Waals surface area (Å²) in [5.41, 5.74) is 2.30. The van der Waals surface area contributed by atoms with E-state index in [1.165, 1.54) is 10.9 Å². The fourth-order valence-corrected chi connectivity index (χ4v) is 3.33. The summed E-state index contributed by atoms with van der Waals surface area (Å²) in [7, 11) is 0. The van der Waals surface area contributed by atoms with E-state index in [9.17, 15) is 9.59 Å². The number of hydrogen-bond acceptors (Lipinski definition) is 6. The van der Waals surface area contributed by atoms with Gasteiger partial charge in [-0.2, -0.15) is 0 Å². The lowest BCUT2D eigenvalue weighted by molar-refractivity contribution is -0.121. The van der Waals surface area contributed by atoms with E-state index in [0.29, 0.717) is 12.5 Å². The van der Waals surface area contributed by atoms with E-state index in [-0.39, 0.29) is 18.0 Å². The van der Waals surface area contributed by atoms with Crippen molar-refractivity contribution in [3.8, 4) is 0 Å². The van der Waals surface area contributed by atoms with Crippen molar-refractivity contribution in [1.29, 1.82) is 0 Å². The molecule has 8 heteroatoms. The maximum atomic E-state index is 12.2. The second kappa shape index (κ2) is 7.46. The molecule has 0 radical (unpaired) electrons. The maximum Gasteiger partial charge on any atom is 0.254 e. The topological polar surface area (TPSA) is 93.0 Å². The highest BCUT2D eigenvalue weighted by atomic mass is 16.2. The van der Waals surface area contributed by atoms with E-state index >= 15 is 0 Å². The molecule has 142 valence electrons. The number of rotatable bonds is 6. The smallest absolute Gasteiger partial charge is 0.254 e. The first-order chi connectivity index (χ1) is 13.1. The number of carbonyl (C=O) groups is 1. The minimum atomic E-state index is -0.239. The fourth-order valence-electron chi connectivity index (χ4n) is 3.33. The Kier molecular flexibility index (Phi) is 4.87. The van der Waals surface area contributed by atoms with Gasteiger partial charge in [0.05, 0.1) is 24.3 Å². The zero-order valence-corrected chi connectivity index (χ0v) is 15.5. The molecule has 1 saturated carbocycles. The highest BCUT2D eigenvalue weighted by molar-refractivity contribution is 5.75. The summed E-state index contributed by atoms with van der Waals surface area (Å²) in [6, 6.07) is 3.42. The van der Waals surface area contributed by atoms with Crippen LogP contribution < -0.4 is 15.8 Å². The van der Waals surface area contributed by atoms with Crippen LogP contribution in [0.2, 0.25) is 0 Å². The van der Waals surface area contributed by atoms with E-state index in [2.05, 4.69) is 25.2 Å². The van der Waals surface area contributed by atoms with Crippen LogP contribution in [0.25, 0.3) is 0 Å². The molecular weight excluding hydrogens is 344 g/mol. The molecular formula is C19H24N6O2. The molecule has 1 amide bonds. The lowest BCUT2D eigenvalue weighted by atomic mass is 10.3. The van der Waals surface area contributed by atoms with Gasteiger partial charge in [-0.05, 0) is 38.7 Å². The molecule has 0 bridgehead atoms. The van der Waals surface area contributed by atoms with Gasteiger partial charge in [-0.15, -0.1) is 0 Å². The van der Waals surface area contributed by atoms with Crippen LogP contribution in [0.15, 0.2) is 23.3 Å². The minimum absolute atomic E-state index is 0.0418. The Hall–Kier alpha value is -2.77. The van der Waals surface area contributed by atoms with Crippen molar-refractivity contribution < 1.29 is 4.79 Å². The molecule has 2 aliphatic rings. The van der Waals surface area contributed by atoms with Crippen molar-refractivity contribution in [2.45, 2.75) is 51.6 Å². The summed E-state index contributed by atoms with van der Waals surface area (Å²) in [6.07, 6.45) is 5.97. The molecule has 27 heavy (non-hydrogen) atoms. The highest BCUT2D eigenvalue weighted by Crippen LogP contribution is 2.38. The largest absolute Gasteiger partial charge is 0.349 e. The number of hydrogen-bond donors (Lipinski definition) is 1. The monoisotopic (exact) mass is 368 g/mol. The van der Waals surface area contributed by atoms with Crippen molar-refractivity contribution in [3.63, 3.8) is 0 Å². The first kappa shape index (κ1) is 17.6. The predicted octanol–water partition coefficient (Wildman–Crippen LogP) is 1.14. The van der Waals surface area contributed by atoms with E-state index in [0.717, 1.165) is 61.8 Å². The number of anilines is 1. The van der Waals surface area contributed by atoms with Gasteiger partial charge in [0, 0.05) is 30.8 Å². The number of amides is 1. The Morgan fingerprint density at radius 3 is 2.70 bits per heavy atom. The molecule has 1 saturated heterocycles. The van der Waals surface area contributed by atoms with Crippen LogP contribution in [-0.2, 0) is 17.9 Å².